The molecule has 0 bridgehead atoms. The number of aromatic hydroxyl groups is 1. The summed E-state index contributed by atoms with van der Waals surface area (Å²) in [6, 6.07) is 8.70. The Balaban J connectivity index is 1.42. The van der Waals surface area contributed by atoms with Crippen molar-refractivity contribution in [2.75, 3.05) is 6.54 Å². The van der Waals surface area contributed by atoms with E-state index in [0.29, 0.717) is 17.8 Å². The number of hydrogen-bond donors (Lipinski definition) is 4. The minimum atomic E-state index is -0.376. The van der Waals surface area contributed by atoms with Crippen LogP contribution in [-0.4, -0.2) is 34.5 Å². The van der Waals surface area contributed by atoms with Gasteiger partial charge in [-0.15, -0.1) is 0 Å². The molecule has 2 saturated carbocycles. The van der Waals surface area contributed by atoms with Crippen LogP contribution >= 0.6 is 0 Å². The highest BCUT2D eigenvalue weighted by atomic mass is 16.3. The molecule has 2 aliphatic rings. The molecule has 7 nitrogen and oxygen atoms in total. The number of aromatic nitrogens is 1. The lowest BCUT2D eigenvalue weighted by atomic mass is 9.83. The fourth-order valence-electron chi connectivity index (χ4n) is 3.97. The summed E-state index contributed by atoms with van der Waals surface area (Å²) in [5.41, 5.74) is 0.722. The van der Waals surface area contributed by atoms with Crippen LogP contribution in [0.2, 0.25) is 0 Å². The quantitative estimate of drug-likeness (QED) is 0.637. The predicted octanol–water partition coefficient (Wildman–Crippen LogP) is 2.58. The molecule has 2 amide bonds. The van der Waals surface area contributed by atoms with Gasteiger partial charge in [0.25, 0.3) is 5.91 Å². The maximum atomic E-state index is 12.7. The lowest BCUT2D eigenvalue weighted by molar-refractivity contribution is -0.126. The first-order valence-corrected chi connectivity index (χ1v) is 9.81. The number of aromatic amines is 1. The van der Waals surface area contributed by atoms with Crippen molar-refractivity contribution >= 4 is 22.7 Å². The fourth-order valence-corrected chi connectivity index (χ4v) is 3.97. The third kappa shape index (κ3) is 3.68. The van der Waals surface area contributed by atoms with Gasteiger partial charge < -0.3 is 20.7 Å². The summed E-state index contributed by atoms with van der Waals surface area (Å²) < 4.78 is 0. The number of rotatable bonds is 5. The zero-order valence-electron chi connectivity index (χ0n) is 15.6. The largest absolute Gasteiger partial charge is 0.508 e. The molecule has 2 aromatic rings. The highest BCUT2D eigenvalue weighted by Gasteiger charge is 2.44. The highest BCUT2D eigenvalue weighted by molar-refractivity contribution is 5.98. The number of hydrogen-bond acceptors (Lipinski definition) is 4. The number of carbonyl (C=O) groups is 2. The van der Waals surface area contributed by atoms with E-state index in [4.69, 9.17) is 0 Å². The summed E-state index contributed by atoms with van der Waals surface area (Å²) in [6.07, 6.45) is 5.09. The molecule has 7 heteroatoms. The molecular weight excluding hydrogens is 356 g/mol. The number of carbonyl (C=O) groups excluding carboxylic acids is 2. The number of nitrogens with one attached hydrogen (secondary N) is 3. The van der Waals surface area contributed by atoms with Gasteiger partial charge in [0.2, 0.25) is 5.91 Å². The number of benzene rings is 1. The number of fused-ring (bicyclic) bond motifs is 1. The van der Waals surface area contributed by atoms with Gasteiger partial charge in [0.1, 0.15) is 11.4 Å². The van der Waals surface area contributed by atoms with Gasteiger partial charge in [-0.2, -0.15) is 5.26 Å². The molecule has 0 radical (unpaired) electrons. The minimum absolute atomic E-state index is 0.0758. The Labute approximate surface area is 163 Å². The number of phenols is 1. The second-order valence-corrected chi connectivity index (χ2v) is 8.04. The van der Waals surface area contributed by atoms with Gasteiger partial charge in [-0.05, 0) is 43.9 Å². The van der Waals surface area contributed by atoms with Crippen LogP contribution in [0.5, 0.6) is 5.75 Å². The summed E-state index contributed by atoms with van der Waals surface area (Å²) in [5.74, 6) is -0.471. The molecule has 4 N–H and O–H groups in total. The van der Waals surface area contributed by atoms with Gasteiger partial charge in [0.15, 0.2) is 0 Å². The van der Waals surface area contributed by atoms with E-state index in [0.717, 1.165) is 43.9 Å². The summed E-state index contributed by atoms with van der Waals surface area (Å²) >= 11 is 0. The van der Waals surface area contributed by atoms with Crippen molar-refractivity contribution in [2.45, 2.75) is 44.6 Å². The molecule has 1 aromatic carbocycles. The minimum Gasteiger partial charge on any atom is -0.508 e. The van der Waals surface area contributed by atoms with Gasteiger partial charge in [0, 0.05) is 29.6 Å². The fraction of sp³-hybridized carbons (Fsp3) is 0.476. The number of phenolic OH excluding ortho intramolecular Hbond substituents is 1. The Bertz CT molecular complexity index is 954. The van der Waals surface area contributed by atoms with Crippen molar-refractivity contribution in [1.82, 2.24) is 15.6 Å². The van der Waals surface area contributed by atoms with Crippen LogP contribution in [0.4, 0.5) is 0 Å². The van der Waals surface area contributed by atoms with Crippen LogP contribution in [0.25, 0.3) is 10.9 Å². The molecule has 1 aromatic heterocycles. The summed E-state index contributed by atoms with van der Waals surface area (Å²) in [4.78, 5) is 28.4. The van der Waals surface area contributed by atoms with Crippen molar-refractivity contribution in [3.8, 4) is 11.8 Å². The van der Waals surface area contributed by atoms with Crippen LogP contribution in [0, 0.1) is 22.7 Å². The third-order valence-corrected chi connectivity index (χ3v) is 5.96. The van der Waals surface area contributed by atoms with Gasteiger partial charge in [-0.25, -0.2) is 0 Å². The van der Waals surface area contributed by atoms with E-state index in [2.05, 4.69) is 21.7 Å². The van der Waals surface area contributed by atoms with E-state index in [-0.39, 0.29) is 34.9 Å². The molecule has 4 rings (SSSR count). The highest BCUT2D eigenvalue weighted by Crippen LogP contribution is 2.44. The monoisotopic (exact) mass is 380 g/mol. The van der Waals surface area contributed by atoms with Crippen LogP contribution < -0.4 is 10.6 Å². The van der Waals surface area contributed by atoms with Crippen molar-refractivity contribution in [1.29, 1.82) is 5.26 Å². The molecule has 2 fully saturated rings. The normalized spacial score (nSPS) is 23.0. The predicted molar refractivity (Wildman–Crippen MR) is 103 cm³/mol. The molecule has 0 saturated heterocycles. The second-order valence-electron chi connectivity index (χ2n) is 8.04. The van der Waals surface area contributed by atoms with E-state index < -0.39 is 0 Å². The molecule has 28 heavy (non-hydrogen) atoms. The standard InChI is InChI=1S/C21H24N4O3/c22-11-21(7-8-21)12-23-19(27)15-3-1-2-4-16(15)25-20(28)18-9-13-5-6-14(26)10-17(13)24-18/h5-6,9-10,15-16,24,26H,1-4,7-8,12H2,(H,23,27)(H,25,28)/t15-,16+/m1/s1. The smallest absolute Gasteiger partial charge is 0.267 e. The average Bonchev–Trinajstić information content (AvgIpc) is 3.36. The maximum absolute atomic E-state index is 12.7. The van der Waals surface area contributed by atoms with Crippen molar-refractivity contribution in [2.24, 2.45) is 11.3 Å². The van der Waals surface area contributed by atoms with Crippen LogP contribution in [0.1, 0.15) is 49.0 Å². The molecule has 2 aliphatic carbocycles. The molecule has 1 heterocycles. The number of H-pyrrole nitrogens is 1. The SMILES string of the molecule is N#CC1(CNC(=O)[C@@H]2CCCC[C@@H]2NC(=O)c2cc3ccc(O)cc3[nH]2)CC1. The lowest BCUT2D eigenvalue weighted by Crippen LogP contribution is -2.49. The molecular formula is C21H24N4O3. The van der Waals surface area contributed by atoms with E-state index in [1.807, 2.05) is 0 Å². The molecule has 0 aliphatic heterocycles. The maximum Gasteiger partial charge on any atom is 0.267 e. The molecule has 0 unspecified atom stereocenters. The molecule has 2 atom stereocenters. The second kappa shape index (κ2) is 7.19. The number of amides is 2. The van der Waals surface area contributed by atoms with Gasteiger partial charge >= 0.3 is 0 Å². The average molecular weight is 380 g/mol. The third-order valence-electron chi connectivity index (χ3n) is 5.96. The van der Waals surface area contributed by atoms with Crippen LogP contribution in [-0.2, 0) is 4.79 Å². The Morgan fingerprint density at radius 3 is 2.79 bits per heavy atom. The molecule has 146 valence electrons. The Hall–Kier alpha value is -3.01. The van der Waals surface area contributed by atoms with E-state index in [1.165, 1.54) is 0 Å². The zero-order chi connectivity index (χ0) is 19.7. The van der Waals surface area contributed by atoms with Crippen molar-refractivity contribution in [3.63, 3.8) is 0 Å². The van der Waals surface area contributed by atoms with Gasteiger partial charge in [0.05, 0.1) is 17.4 Å². The van der Waals surface area contributed by atoms with E-state index >= 15 is 0 Å². The summed E-state index contributed by atoms with van der Waals surface area (Å²) in [5, 5.41) is 25.5. The van der Waals surface area contributed by atoms with Gasteiger partial charge in [-0.1, -0.05) is 12.8 Å². The van der Waals surface area contributed by atoms with Gasteiger partial charge in [-0.3, -0.25) is 9.59 Å². The van der Waals surface area contributed by atoms with Crippen molar-refractivity contribution in [3.05, 3.63) is 30.0 Å². The Morgan fingerprint density at radius 1 is 1.25 bits per heavy atom. The Morgan fingerprint density at radius 2 is 2.04 bits per heavy atom. The zero-order valence-corrected chi connectivity index (χ0v) is 15.6. The lowest BCUT2D eigenvalue weighted by Gasteiger charge is -2.31. The van der Waals surface area contributed by atoms with E-state index in [9.17, 15) is 20.0 Å². The van der Waals surface area contributed by atoms with Crippen LogP contribution in [0.15, 0.2) is 24.3 Å². The number of nitrogens with zero attached hydrogens (tertiary/aromatic N) is 1. The topological polar surface area (TPSA) is 118 Å². The molecule has 0 spiro atoms. The number of nitriles is 1. The summed E-state index contributed by atoms with van der Waals surface area (Å²) in [7, 11) is 0. The first kappa shape index (κ1) is 18.4. The summed E-state index contributed by atoms with van der Waals surface area (Å²) in [6.45, 7) is 0.394. The first-order chi connectivity index (χ1) is 13.5. The Kier molecular flexibility index (Phi) is 4.71. The first-order valence-electron chi connectivity index (χ1n) is 9.81. The van der Waals surface area contributed by atoms with E-state index in [1.54, 1.807) is 24.3 Å². The van der Waals surface area contributed by atoms with Crippen molar-refractivity contribution < 1.29 is 14.7 Å². The van der Waals surface area contributed by atoms with Crippen LogP contribution in [0.3, 0.4) is 0 Å².